The number of alkyl halides is 3. The fourth-order valence-corrected chi connectivity index (χ4v) is 1.75. The highest BCUT2D eigenvalue weighted by Gasteiger charge is 2.38. The van der Waals surface area contributed by atoms with Crippen LogP contribution in [0.2, 0.25) is 0 Å². The second-order valence-corrected chi connectivity index (χ2v) is 4.27. The molecular weight excluding hydrogens is 257 g/mol. The molecule has 0 aliphatic rings. The number of hydrogen-bond acceptors (Lipinski definition) is 4. The van der Waals surface area contributed by atoms with Crippen LogP contribution in [0.3, 0.4) is 0 Å². The van der Waals surface area contributed by atoms with Crippen molar-refractivity contribution < 1.29 is 23.1 Å². The highest BCUT2D eigenvalue weighted by molar-refractivity contribution is 7.10. The molecule has 1 amide bonds. The van der Waals surface area contributed by atoms with E-state index < -0.39 is 30.8 Å². The highest BCUT2D eigenvalue weighted by atomic mass is 32.1. The fraction of sp³-hybridized carbons (Fsp3) is 0.444. The zero-order valence-corrected chi connectivity index (χ0v) is 9.39. The SMILES string of the molecule is NC(C(=O)NCC(O)C(F)(F)F)c1cccs1. The van der Waals surface area contributed by atoms with Gasteiger partial charge in [-0.1, -0.05) is 6.07 Å². The van der Waals surface area contributed by atoms with Crippen molar-refractivity contribution in [2.75, 3.05) is 6.54 Å². The van der Waals surface area contributed by atoms with E-state index in [4.69, 9.17) is 10.8 Å². The lowest BCUT2D eigenvalue weighted by Gasteiger charge is -2.16. The van der Waals surface area contributed by atoms with E-state index in [0.717, 1.165) is 0 Å². The van der Waals surface area contributed by atoms with Crippen molar-refractivity contribution in [2.45, 2.75) is 18.3 Å². The molecule has 96 valence electrons. The van der Waals surface area contributed by atoms with Crippen LogP contribution in [0.1, 0.15) is 10.9 Å². The molecule has 2 atom stereocenters. The van der Waals surface area contributed by atoms with Gasteiger partial charge in [0.25, 0.3) is 0 Å². The molecule has 1 aromatic heterocycles. The first-order chi connectivity index (χ1) is 7.82. The summed E-state index contributed by atoms with van der Waals surface area (Å²) in [4.78, 5) is 11.9. The van der Waals surface area contributed by atoms with E-state index in [2.05, 4.69) is 0 Å². The molecule has 4 N–H and O–H groups in total. The summed E-state index contributed by atoms with van der Waals surface area (Å²) in [6.45, 7) is -0.901. The van der Waals surface area contributed by atoms with Gasteiger partial charge in [0.1, 0.15) is 6.04 Å². The Labute approximate surface area is 99.2 Å². The number of hydrogen-bond donors (Lipinski definition) is 3. The second-order valence-electron chi connectivity index (χ2n) is 3.30. The van der Waals surface area contributed by atoms with Gasteiger partial charge in [-0.25, -0.2) is 0 Å². The van der Waals surface area contributed by atoms with Crippen LogP contribution >= 0.6 is 11.3 Å². The number of nitrogens with one attached hydrogen (secondary N) is 1. The Kier molecular flexibility index (Phi) is 4.49. The number of amides is 1. The van der Waals surface area contributed by atoms with E-state index in [0.29, 0.717) is 4.88 Å². The minimum atomic E-state index is -4.75. The van der Waals surface area contributed by atoms with Gasteiger partial charge in [0.05, 0.1) is 6.54 Å². The van der Waals surface area contributed by atoms with Crippen LogP contribution in [0.5, 0.6) is 0 Å². The standard InChI is InChI=1S/C9H11F3N2O2S/c10-9(11,12)6(15)4-14-8(16)7(13)5-2-1-3-17-5/h1-3,6-7,15H,4,13H2,(H,14,16). The lowest BCUT2D eigenvalue weighted by Crippen LogP contribution is -2.43. The van der Waals surface area contributed by atoms with Gasteiger partial charge in [-0.05, 0) is 11.4 Å². The largest absolute Gasteiger partial charge is 0.416 e. The predicted molar refractivity (Wildman–Crippen MR) is 56.3 cm³/mol. The van der Waals surface area contributed by atoms with Gasteiger partial charge >= 0.3 is 6.18 Å². The Morgan fingerprint density at radius 1 is 1.59 bits per heavy atom. The van der Waals surface area contributed by atoms with E-state index in [1.807, 2.05) is 5.32 Å². The highest BCUT2D eigenvalue weighted by Crippen LogP contribution is 2.20. The smallest absolute Gasteiger partial charge is 0.382 e. The monoisotopic (exact) mass is 268 g/mol. The number of nitrogens with two attached hydrogens (primary N) is 1. The summed E-state index contributed by atoms with van der Waals surface area (Å²) >= 11 is 1.23. The first-order valence-corrected chi connectivity index (χ1v) is 5.52. The Hall–Kier alpha value is -1.12. The third-order valence-electron chi connectivity index (χ3n) is 1.98. The molecule has 0 fully saturated rings. The molecule has 0 spiro atoms. The van der Waals surface area contributed by atoms with Gasteiger partial charge in [-0.15, -0.1) is 11.3 Å². The Balaban J connectivity index is 2.45. The normalized spacial score (nSPS) is 15.4. The molecule has 0 bridgehead atoms. The molecule has 0 radical (unpaired) electrons. The average molecular weight is 268 g/mol. The van der Waals surface area contributed by atoms with Gasteiger partial charge in [0.2, 0.25) is 5.91 Å². The van der Waals surface area contributed by atoms with Crippen molar-refractivity contribution in [2.24, 2.45) is 5.73 Å². The maximum atomic E-state index is 11.9. The predicted octanol–water partition coefficient (Wildman–Crippen LogP) is 0.787. The summed E-state index contributed by atoms with van der Waals surface area (Å²) < 4.78 is 35.8. The molecule has 1 aromatic rings. The molecule has 8 heteroatoms. The van der Waals surface area contributed by atoms with Gasteiger partial charge in [0, 0.05) is 4.88 Å². The van der Waals surface area contributed by atoms with Crippen LogP contribution in [-0.2, 0) is 4.79 Å². The van der Waals surface area contributed by atoms with Crippen molar-refractivity contribution >= 4 is 17.2 Å². The molecule has 0 aliphatic heterocycles. The van der Waals surface area contributed by atoms with Crippen LogP contribution in [0.15, 0.2) is 17.5 Å². The number of thiophene rings is 1. The Bertz CT molecular complexity index is 367. The van der Waals surface area contributed by atoms with Crippen LogP contribution in [-0.4, -0.2) is 29.8 Å². The topological polar surface area (TPSA) is 75.4 Å². The summed E-state index contributed by atoms with van der Waals surface area (Å²) in [5.74, 6) is -0.754. The zero-order valence-electron chi connectivity index (χ0n) is 8.57. The maximum Gasteiger partial charge on any atom is 0.416 e. The number of aliphatic hydroxyl groups excluding tert-OH is 1. The van der Waals surface area contributed by atoms with Crippen molar-refractivity contribution in [1.82, 2.24) is 5.32 Å². The molecule has 4 nitrogen and oxygen atoms in total. The molecule has 2 unspecified atom stereocenters. The molecular formula is C9H11F3N2O2S. The van der Waals surface area contributed by atoms with Crippen molar-refractivity contribution in [3.8, 4) is 0 Å². The summed E-state index contributed by atoms with van der Waals surface area (Å²) in [6.07, 6.45) is -7.33. The van der Waals surface area contributed by atoms with Crippen LogP contribution in [0.25, 0.3) is 0 Å². The van der Waals surface area contributed by atoms with Gasteiger partial charge in [0.15, 0.2) is 6.10 Å². The van der Waals surface area contributed by atoms with E-state index in [-0.39, 0.29) is 0 Å². The van der Waals surface area contributed by atoms with Crippen molar-refractivity contribution in [3.63, 3.8) is 0 Å². The van der Waals surface area contributed by atoms with Gasteiger partial charge in [-0.2, -0.15) is 13.2 Å². The van der Waals surface area contributed by atoms with Crippen LogP contribution in [0.4, 0.5) is 13.2 Å². The van der Waals surface area contributed by atoms with Crippen LogP contribution < -0.4 is 11.1 Å². The molecule has 0 saturated heterocycles. The Morgan fingerprint density at radius 2 is 2.24 bits per heavy atom. The first-order valence-electron chi connectivity index (χ1n) is 4.64. The summed E-state index contributed by atoms with van der Waals surface area (Å²) in [6, 6.07) is 2.27. The summed E-state index contributed by atoms with van der Waals surface area (Å²) in [5, 5.41) is 12.3. The molecule has 0 aliphatic carbocycles. The van der Waals surface area contributed by atoms with Crippen molar-refractivity contribution in [1.29, 1.82) is 0 Å². The number of carbonyl (C=O) groups is 1. The minimum Gasteiger partial charge on any atom is -0.382 e. The first kappa shape index (κ1) is 13.9. The van der Waals surface area contributed by atoms with Gasteiger partial charge in [-0.3, -0.25) is 4.79 Å². The third-order valence-corrected chi connectivity index (χ3v) is 2.94. The average Bonchev–Trinajstić information content (AvgIpc) is 2.76. The second kappa shape index (κ2) is 5.48. The number of aliphatic hydroxyl groups is 1. The lowest BCUT2D eigenvalue weighted by atomic mass is 10.2. The van der Waals surface area contributed by atoms with E-state index in [9.17, 15) is 18.0 Å². The van der Waals surface area contributed by atoms with Crippen molar-refractivity contribution in [3.05, 3.63) is 22.4 Å². The Morgan fingerprint density at radius 3 is 2.71 bits per heavy atom. The number of halogens is 3. The van der Waals surface area contributed by atoms with Gasteiger partial charge < -0.3 is 16.2 Å². The summed E-state index contributed by atoms with van der Waals surface area (Å²) in [7, 11) is 0. The number of rotatable bonds is 4. The molecule has 17 heavy (non-hydrogen) atoms. The molecule has 1 heterocycles. The van der Waals surface area contributed by atoms with E-state index >= 15 is 0 Å². The quantitative estimate of drug-likeness (QED) is 0.755. The number of carbonyl (C=O) groups excluding carboxylic acids is 1. The fourth-order valence-electron chi connectivity index (χ4n) is 1.02. The maximum absolute atomic E-state index is 11.9. The van der Waals surface area contributed by atoms with Crippen LogP contribution in [0, 0.1) is 0 Å². The third kappa shape index (κ3) is 3.99. The molecule has 1 rings (SSSR count). The van der Waals surface area contributed by atoms with E-state index in [1.165, 1.54) is 11.3 Å². The molecule has 0 saturated carbocycles. The lowest BCUT2D eigenvalue weighted by molar-refractivity contribution is -0.201. The van der Waals surface area contributed by atoms with E-state index in [1.54, 1.807) is 17.5 Å². The summed E-state index contributed by atoms with van der Waals surface area (Å²) in [5.41, 5.74) is 5.51. The molecule has 0 aromatic carbocycles. The zero-order chi connectivity index (χ0) is 13.1. The minimum absolute atomic E-state index is 0.545.